The Morgan fingerprint density at radius 1 is 1.67 bits per heavy atom. The van der Waals surface area contributed by atoms with Crippen molar-refractivity contribution in [2.45, 2.75) is 6.42 Å². The number of hydrogen-bond donors (Lipinski definition) is 0. The molecule has 0 spiro atoms. The summed E-state index contributed by atoms with van der Waals surface area (Å²) in [5.41, 5.74) is 0. The molecular formula is C5H8O. The Balaban J connectivity index is 2.49. The van der Waals surface area contributed by atoms with Crippen LogP contribution in [0.4, 0.5) is 0 Å². The van der Waals surface area contributed by atoms with E-state index in [9.17, 15) is 5.11 Å². The van der Waals surface area contributed by atoms with Crippen molar-refractivity contribution in [2.24, 2.45) is 0 Å². The topological polar surface area (TPSA) is 19.9 Å². The average Bonchev–Trinajstić information content (AvgIpc) is 1.61. The van der Waals surface area contributed by atoms with Crippen LogP contribution in [0.15, 0.2) is 12.7 Å². The lowest BCUT2D eigenvalue weighted by molar-refractivity contribution is 0.219. The Morgan fingerprint density at radius 3 is 2.50 bits per heavy atom. The summed E-state index contributed by atoms with van der Waals surface area (Å²) in [6.45, 7) is 3.34. The van der Waals surface area contributed by atoms with Crippen LogP contribution in [0, 0.1) is 6.42 Å². The lowest BCUT2D eigenvalue weighted by Crippen LogP contribution is -1.75. The highest BCUT2D eigenvalue weighted by molar-refractivity contribution is 4.76. The molecule has 0 aromatic heterocycles. The molecule has 6 heavy (non-hydrogen) atoms. The Labute approximate surface area is 38.3 Å². The second kappa shape index (κ2) is 4.70. The maximum Gasteiger partial charge on any atom is 0.0857 e. The molecule has 0 aromatic rings. The molecule has 0 aromatic carbocycles. The fourth-order valence-electron chi connectivity index (χ4n) is 0.186. The predicted molar refractivity (Wildman–Crippen MR) is 24.7 cm³/mol. The quantitative estimate of drug-likeness (QED) is 0.361. The zero-order chi connectivity index (χ0) is 4.83. The van der Waals surface area contributed by atoms with Gasteiger partial charge in [0.05, 0.1) is 6.61 Å². The van der Waals surface area contributed by atoms with Gasteiger partial charge in [0.1, 0.15) is 0 Å². The van der Waals surface area contributed by atoms with Crippen molar-refractivity contribution in [1.82, 2.24) is 0 Å². The van der Waals surface area contributed by atoms with Crippen molar-refractivity contribution in [1.29, 1.82) is 0 Å². The van der Waals surface area contributed by atoms with Gasteiger partial charge in [-0.2, -0.15) is 0 Å². The molecule has 0 fully saturated rings. The van der Waals surface area contributed by atoms with E-state index in [0.29, 0.717) is 0 Å². The summed E-state index contributed by atoms with van der Waals surface area (Å²) in [5, 5.41) is 9.59. The van der Waals surface area contributed by atoms with E-state index in [1.54, 1.807) is 12.5 Å². The van der Waals surface area contributed by atoms with Gasteiger partial charge in [-0.05, 0) is 12.8 Å². The van der Waals surface area contributed by atoms with E-state index < -0.39 is 0 Å². The van der Waals surface area contributed by atoms with Crippen LogP contribution in [0.1, 0.15) is 6.42 Å². The summed E-state index contributed by atoms with van der Waals surface area (Å²) in [6, 6.07) is 0. The van der Waals surface area contributed by atoms with Crippen molar-refractivity contribution in [3.05, 3.63) is 19.1 Å². The molecule has 0 aliphatic heterocycles. The van der Waals surface area contributed by atoms with Gasteiger partial charge in [0.2, 0.25) is 0 Å². The van der Waals surface area contributed by atoms with Gasteiger partial charge < -0.3 is 0 Å². The Hall–Kier alpha value is -0.300. The smallest absolute Gasteiger partial charge is 0.0857 e. The summed E-state index contributed by atoms with van der Waals surface area (Å²) in [4.78, 5) is 0. The average molecular weight is 84.1 g/mol. The summed E-state index contributed by atoms with van der Waals surface area (Å²) in [7, 11) is 0. The van der Waals surface area contributed by atoms with Crippen LogP contribution in [0.3, 0.4) is 0 Å². The third kappa shape index (κ3) is 3.70. The van der Waals surface area contributed by atoms with E-state index in [1.807, 2.05) is 0 Å². The van der Waals surface area contributed by atoms with Gasteiger partial charge >= 0.3 is 0 Å². The van der Waals surface area contributed by atoms with Gasteiger partial charge in [-0.1, -0.05) is 6.08 Å². The van der Waals surface area contributed by atoms with E-state index in [-0.39, 0.29) is 6.61 Å². The van der Waals surface area contributed by atoms with Crippen LogP contribution in [0.25, 0.3) is 0 Å². The first-order valence-corrected chi connectivity index (χ1v) is 1.92. The molecule has 0 N–H and O–H groups in total. The van der Waals surface area contributed by atoms with E-state index in [0.717, 1.165) is 6.42 Å². The van der Waals surface area contributed by atoms with E-state index in [1.165, 1.54) is 0 Å². The standard InChI is InChI=1S/C5H8O/c1-2-3-4-5-6/h2,4H,1,3,5H2. The number of unbranched alkanes of at least 4 members (excludes halogenated alkanes) is 1. The molecule has 34 valence electrons. The number of hydrogen-bond acceptors (Lipinski definition) is 0. The molecule has 0 saturated heterocycles. The van der Waals surface area contributed by atoms with Crippen LogP contribution in [0.2, 0.25) is 0 Å². The second-order valence-electron chi connectivity index (χ2n) is 0.980. The maximum absolute atomic E-state index is 9.59. The first kappa shape index (κ1) is 5.70. The zero-order valence-corrected chi connectivity index (χ0v) is 3.68. The SMILES string of the molecule is C=CC[CH]C[O]. The van der Waals surface area contributed by atoms with Crippen molar-refractivity contribution in [3.63, 3.8) is 0 Å². The van der Waals surface area contributed by atoms with Crippen LogP contribution in [0.5, 0.6) is 0 Å². The van der Waals surface area contributed by atoms with Crippen LogP contribution >= 0.6 is 0 Å². The Bertz CT molecular complexity index is 32.9. The summed E-state index contributed by atoms with van der Waals surface area (Å²) in [5.74, 6) is 0. The van der Waals surface area contributed by atoms with Crippen LogP contribution < -0.4 is 0 Å². The van der Waals surface area contributed by atoms with E-state index >= 15 is 0 Å². The fraction of sp³-hybridized carbons (Fsp3) is 0.400. The minimum absolute atomic E-state index is 0.0913. The molecule has 0 bridgehead atoms. The Morgan fingerprint density at radius 2 is 2.33 bits per heavy atom. The molecule has 0 aliphatic carbocycles. The highest BCUT2D eigenvalue weighted by Crippen LogP contribution is 1.82. The normalized spacial score (nSPS) is 8.17. The highest BCUT2D eigenvalue weighted by Gasteiger charge is 1.75. The summed E-state index contributed by atoms with van der Waals surface area (Å²) in [6.07, 6.45) is 4.08. The van der Waals surface area contributed by atoms with Crippen molar-refractivity contribution in [3.8, 4) is 0 Å². The highest BCUT2D eigenvalue weighted by atomic mass is 16.2. The minimum Gasteiger partial charge on any atom is -0.236 e. The van der Waals surface area contributed by atoms with Gasteiger partial charge in [-0.25, -0.2) is 5.11 Å². The maximum atomic E-state index is 9.59. The first-order chi connectivity index (χ1) is 2.91. The zero-order valence-electron chi connectivity index (χ0n) is 3.68. The third-order valence-corrected chi connectivity index (χ3v) is 0.451. The molecule has 2 radical (unpaired) electrons. The molecule has 0 atom stereocenters. The van der Waals surface area contributed by atoms with E-state index in [2.05, 4.69) is 6.58 Å². The summed E-state index contributed by atoms with van der Waals surface area (Å²) >= 11 is 0. The minimum atomic E-state index is -0.0913. The Kier molecular flexibility index (Phi) is 4.46. The molecule has 0 saturated carbocycles. The van der Waals surface area contributed by atoms with Crippen molar-refractivity contribution < 1.29 is 5.11 Å². The second-order valence-corrected chi connectivity index (χ2v) is 0.980. The largest absolute Gasteiger partial charge is 0.236 e. The molecule has 1 nitrogen and oxygen atoms in total. The molecule has 0 heterocycles. The van der Waals surface area contributed by atoms with Gasteiger partial charge in [0.15, 0.2) is 0 Å². The number of allylic oxidation sites excluding steroid dienone is 1. The third-order valence-electron chi connectivity index (χ3n) is 0.451. The molecule has 0 unspecified atom stereocenters. The van der Waals surface area contributed by atoms with Gasteiger partial charge in [0.25, 0.3) is 0 Å². The first-order valence-electron chi connectivity index (χ1n) is 1.92. The summed E-state index contributed by atoms with van der Waals surface area (Å²) < 4.78 is 0. The molecule has 0 aliphatic rings. The predicted octanol–water partition coefficient (Wildman–Crippen LogP) is 1.20. The van der Waals surface area contributed by atoms with Crippen LogP contribution in [-0.2, 0) is 5.11 Å². The molecule has 1 heteroatoms. The molecular weight excluding hydrogens is 76.1 g/mol. The van der Waals surface area contributed by atoms with Gasteiger partial charge in [-0.3, -0.25) is 0 Å². The van der Waals surface area contributed by atoms with Gasteiger partial charge in [-0.15, -0.1) is 6.58 Å². The van der Waals surface area contributed by atoms with Gasteiger partial charge in [0, 0.05) is 0 Å². The van der Waals surface area contributed by atoms with E-state index in [4.69, 9.17) is 0 Å². The monoisotopic (exact) mass is 84.1 g/mol. The fourth-order valence-corrected chi connectivity index (χ4v) is 0.186. The molecule has 0 rings (SSSR count). The lowest BCUT2D eigenvalue weighted by atomic mass is 10.3. The van der Waals surface area contributed by atoms with Crippen LogP contribution in [-0.4, -0.2) is 6.61 Å². The number of rotatable bonds is 3. The van der Waals surface area contributed by atoms with Crippen molar-refractivity contribution >= 4 is 0 Å². The van der Waals surface area contributed by atoms with Crippen molar-refractivity contribution in [2.75, 3.05) is 6.61 Å². The lowest BCUT2D eigenvalue weighted by Gasteiger charge is -1.78. The molecule has 0 amide bonds.